The van der Waals surface area contributed by atoms with Gasteiger partial charge in [0.15, 0.2) is 0 Å². The third-order valence-electron chi connectivity index (χ3n) is 5.96. The van der Waals surface area contributed by atoms with E-state index in [-0.39, 0.29) is 17.7 Å². The summed E-state index contributed by atoms with van der Waals surface area (Å²) in [7, 11) is 0. The van der Waals surface area contributed by atoms with Crippen molar-refractivity contribution in [1.29, 1.82) is 0 Å². The van der Waals surface area contributed by atoms with E-state index in [1.165, 1.54) is 6.42 Å². The van der Waals surface area contributed by atoms with Crippen LogP contribution in [0.3, 0.4) is 0 Å². The van der Waals surface area contributed by atoms with Gasteiger partial charge in [-0.2, -0.15) is 0 Å². The molecule has 1 saturated heterocycles. The van der Waals surface area contributed by atoms with Crippen LogP contribution in [0.4, 0.5) is 4.79 Å². The number of ketones is 1. The highest BCUT2D eigenvalue weighted by molar-refractivity contribution is 5.84. The minimum Gasteiger partial charge on any atom is -0.444 e. The Bertz CT molecular complexity index is 482. The lowest BCUT2D eigenvalue weighted by atomic mass is 9.66. The third kappa shape index (κ3) is 4.77. The van der Waals surface area contributed by atoms with Gasteiger partial charge in [-0.25, -0.2) is 4.79 Å². The fourth-order valence-electron chi connectivity index (χ4n) is 4.74. The quantitative estimate of drug-likeness (QED) is 0.630. The molecular formula is C21H37NO3. The number of nitrogens with zero attached hydrogens (tertiary/aromatic N) is 1. The molecule has 4 nitrogen and oxygen atoms in total. The Morgan fingerprint density at radius 3 is 2.60 bits per heavy atom. The van der Waals surface area contributed by atoms with E-state index in [1.54, 1.807) is 0 Å². The van der Waals surface area contributed by atoms with Crippen LogP contribution in [0.15, 0.2) is 0 Å². The molecule has 1 saturated carbocycles. The minimum atomic E-state index is -0.508. The molecule has 1 aliphatic heterocycles. The molecule has 1 heterocycles. The molecule has 2 rings (SSSR count). The fourth-order valence-corrected chi connectivity index (χ4v) is 4.74. The molecule has 0 bridgehead atoms. The van der Waals surface area contributed by atoms with Crippen LogP contribution in [-0.2, 0) is 9.53 Å². The normalized spacial score (nSPS) is 30.6. The molecule has 25 heavy (non-hydrogen) atoms. The van der Waals surface area contributed by atoms with Crippen molar-refractivity contribution in [1.82, 2.24) is 4.90 Å². The number of hydrogen-bond donors (Lipinski definition) is 0. The Hall–Kier alpha value is -1.06. The Labute approximate surface area is 153 Å². The van der Waals surface area contributed by atoms with Gasteiger partial charge in [-0.1, -0.05) is 46.0 Å². The van der Waals surface area contributed by atoms with E-state index in [2.05, 4.69) is 13.8 Å². The van der Waals surface area contributed by atoms with Crippen molar-refractivity contribution in [3.05, 3.63) is 0 Å². The van der Waals surface area contributed by atoms with Gasteiger partial charge in [0.2, 0.25) is 0 Å². The molecule has 1 spiro atoms. The maximum Gasteiger partial charge on any atom is 0.411 e. The molecule has 2 aliphatic rings. The summed E-state index contributed by atoms with van der Waals surface area (Å²) >= 11 is 0. The van der Waals surface area contributed by atoms with Crippen LogP contribution in [0, 0.1) is 5.92 Å². The zero-order valence-corrected chi connectivity index (χ0v) is 16.9. The fraction of sp³-hybridized carbons (Fsp3) is 0.905. The zero-order chi connectivity index (χ0) is 18.7. The molecule has 0 aromatic rings. The monoisotopic (exact) mass is 351 g/mol. The summed E-state index contributed by atoms with van der Waals surface area (Å²) in [6, 6.07) is 0.00296. The molecule has 2 fully saturated rings. The van der Waals surface area contributed by atoms with Gasteiger partial charge in [0.05, 0.1) is 5.54 Å². The number of carbonyl (C=O) groups excluding carboxylic acids is 2. The molecule has 4 heteroatoms. The largest absolute Gasteiger partial charge is 0.444 e. The van der Waals surface area contributed by atoms with Crippen molar-refractivity contribution in [2.45, 2.75) is 116 Å². The smallest absolute Gasteiger partial charge is 0.411 e. The van der Waals surface area contributed by atoms with E-state index >= 15 is 0 Å². The predicted octanol–water partition coefficient (Wildman–Crippen LogP) is 5.48. The summed E-state index contributed by atoms with van der Waals surface area (Å²) < 4.78 is 5.80. The van der Waals surface area contributed by atoms with Crippen LogP contribution in [0.25, 0.3) is 0 Å². The number of Topliss-reactive ketones (excluding diaryl/α,β-unsaturated/α-hetero) is 1. The van der Waals surface area contributed by atoms with Crippen molar-refractivity contribution >= 4 is 11.9 Å². The van der Waals surface area contributed by atoms with Crippen molar-refractivity contribution in [2.75, 3.05) is 0 Å². The highest BCUT2D eigenvalue weighted by atomic mass is 16.6. The molecule has 144 valence electrons. The van der Waals surface area contributed by atoms with Crippen LogP contribution < -0.4 is 0 Å². The average Bonchev–Trinajstić information content (AvgIpc) is 2.48. The standard InChI is InChI=1S/C21H37NO3/c1-6-7-8-12-17-14-18(23)15-21(13-10-9-11-16(21)2)22(17)19(24)25-20(3,4)5/h16-17H,6-15H2,1-5H3/t16-,17-,21+/m1/s1. The second-order valence-corrected chi connectivity index (χ2v) is 9.17. The van der Waals surface area contributed by atoms with Crippen LogP contribution in [0.5, 0.6) is 0 Å². The Kier molecular flexibility index (Phi) is 6.56. The SMILES string of the molecule is CCCCC[C@@H]1CC(=O)C[C@]2(CCCC[C@H]2C)N1C(=O)OC(C)(C)C. The van der Waals surface area contributed by atoms with E-state index in [1.807, 2.05) is 25.7 Å². The van der Waals surface area contributed by atoms with Crippen molar-refractivity contribution < 1.29 is 14.3 Å². The highest BCUT2D eigenvalue weighted by Crippen LogP contribution is 2.46. The molecule has 1 aliphatic carbocycles. The lowest BCUT2D eigenvalue weighted by molar-refractivity contribution is -0.135. The van der Waals surface area contributed by atoms with Crippen LogP contribution in [0.2, 0.25) is 0 Å². The van der Waals surface area contributed by atoms with Gasteiger partial charge in [-0.15, -0.1) is 0 Å². The van der Waals surface area contributed by atoms with E-state index in [9.17, 15) is 9.59 Å². The molecule has 0 unspecified atom stereocenters. The number of rotatable bonds is 4. The van der Waals surface area contributed by atoms with Gasteiger partial charge in [0.25, 0.3) is 0 Å². The van der Waals surface area contributed by atoms with E-state index in [0.29, 0.717) is 24.5 Å². The summed E-state index contributed by atoms with van der Waals surface area (Å²) in [6.45, 7) is 10.2. The van der Waals surface area contributed by atoms with Crippen LogP contribution in [-0.4, -0.2) is 34.0 Å². The minimum absolute atomic E-state index is 0.00296. The third-order valence-corrected chi connectivity index (χ3v) is 5.96. The number of ether oxygens (including phenoxy) is 1. The highest BCUT2D eigenvalue weighted by Gasteiger charge is 2.53. The van der Waals surface area contributed by atoms with Gasteiger partial charge in [-0.3, -0.25) is 9.69 Å². The van der Waals surface area contributed by atoms with E-state index < -0.39 is 5.60 Å². The molecule has 0 radical (unpaired) electrons. The van der Waals surface area contributed by atoms with Crippen LogP contribution >= 0.6 is 0 Å². The van der Waals surface area contributed by atoms with Gasteiger partial charge in [-0.05, 0) is 46.0 Å². The van der Waals surface area contributed by atoms with Crippen LogP contribution in [0.1, 0.15) is 98.8 Å². The molecule has 1 amide bonds. The second-order valence-electron chi connectivity index (χ2n) is 9.17. The van der Waals surface area contributed by atoms with Gasteiger partial charge < -0.3 is 4.74 Å². The maximum atomic E-state index is 13.2. The number of unbranched alkanes of at least 4 members (excludes halogenated alkanes) is 2. The van der Waals surface area contributed by atoms with Crippen molar-refractivity contribution in [3.8, 4) is 0 Å². The Balaban J connectivity index is 2.32. The second kappa shape index (κ2) is 8.09. The molecular weight excluding hydrogens is 314 g/mol. The summed E-state index contributed by atoms with van der Waals surface area (Å²) in [5.41, 5.74) is -0.835. The predicted molar refractivity (Wildman–Crippen MR) is 101 cm³/mol. The molecule has 0 N–H and O–H groups in total. The maximum absolute atomic E-state index is 13.2. The first kappa shape index (κ1) is 20.3. The summed E-state index contributed by atoms with van der Waals surface area (Å²) in [5.74, 6) is 0.682. The van der Waals surface area contributed by atoms with Crippen molar-refractivity contribution in [2.24, 2.45) is 5.92 Å². The molecule has 0 aromatic heterocycles. The van der Waals surface area contributed by atoms with Gasteiger partial charge in [0.1, 0.15) is 11.4 Å². The number of carbonyl (C=O) groups is 2. The first-order chi connectivity index (χ1) is 11.7. The average molecular weight is 352 g/mol. The molecule has 3 atom stereocenters. The topological polar surface area (TPSA) is 46.6 Å². The van der Waals surface area contributed by atoms with E-state index in [0.717, 1.165) is 44.9 Å². The van der Waals surface area contributed by atoms with Gasteiger partial charge >= 0.3 is 6.09 Å². The summed E-state index contributed by atoms with van der Waals surface area (Å²) in [6.07, 6.45) is 9.39. The van der Waals surface area contributed by atoms with E-state index in [4.69, 9.17) is 4.74 Å². The molecule has 0 aromatic carbocycles. The van der Waals surface area contributed by atoms with Gasteiger partial charge in [0, 0.05) is 18.9 Å². The number of hydrogen-bond acceptors (Lipinski definition) is 3. The Morgan fingerprint density at radius 2 is 2.00 bits per heavy atom. The van der Waals surface area contributed by atoms with Crippen molar-refractivity contribution in [3.63, 3.8) is 0 Å². The lowest BCUT2D eigenvalue weighted by Gasteiger charge is -2.55. The first-order valence-corrected chi connectivity index (χ1v) is 10.2. The number of amides is 1. The first-order valence-electron chi connectivity index (χ1n) is 10.2. The number of likely N-dealkylation sites (tertiary alicyclic amines) is 1. The zero-order valence-electron chi connectivity index (χ0n) is 16.9. The lowest BCUT2D eigenvalue weighted by Crippen LogP contribution is -2.65. The summed E-state index contributed by atoms with van der Waals surface area (Å²) in [4.78, 5) is 27.8. The summed E-state index contributed by atoms with van der Waals surface area (Å²) in [5, 5.41) is 0. The number of piperidine rings is 1. The Morgan fingerprint density at radius 1 is 1.28 bits per heavy atom.